The molecule has 0 bridgehead atoms. The number of carbonyl (C=O) groups excluding carboxylic acids is 2. The van der Waals surface area contributed by atoms with E-state index in [-0.39, 0.29) is 17.4 Å². The van der Waals surface area contributed by atoms with Crippen LogP contribution in [0.5, 0.6) is 0 Å². The Bertz CT molecular complexity index is 971. The lowest BCUT2D eigenvalue weighted by Crippen LogP contribution is -2.23. The summed E-state index contributed by atoms with van der Waals surface area (Å²) in [6.07, 6.45) is 3.06. The molecule has 1 aromatic carbocycles. The molecule has 2 aromatic heterocycles. The zero-order valence-corrected chi connectivity index (χ0v) is 16.6. The summed E-state index contributed by atoms with van der Waals surface area (Å²) in [5.74, 6) is 1.20. The minimum atomic E-state index is -0.00112. The zero-order chi connectivity index (χ0) is 19.3. The molecule has 0 spiro atoms. The van der Waals surface area contributed by atoms with E-state index >= 15 is 0 Å². The molecule has 7 nitrogen and oxygen atoms in total. The second kappa shape index (κ2) is 8.57. The summed E-state index contributed by atoms with van der Waals surface area (Å²) >= 11 is 2.76. The Balaban J connectivity index is 1.32. The lowest BCUT2D eigenvalue weighted by atomic mass is 10.1. The van der Waals surface area contributed by atoms with E-state index in [1.54, 1.807) is 23.3 Å². The Morgan fingerprint density at radius 2 is 2.21 bits per heavy atom. The highest BCUT2D eigenvalue weighted by atomic mass is 32.2. The number of Topliss-reactive ketones (excluding diaryl/α,β-unsaturated/α-hetero) is 1. The maximum absolute atomic E-state index is 12.6. The molecule has 0 radical (unpaired) electrons. The van der Waals surface area contributed by atoms with Crippen LogP contribution in [0.15, 0.2) is 51.4 Å². The fourth-order valence-electron chi connectivity index (χ4n) is 2.89. The van der Waals surface area contributed by atoms with Gasteiger partial charge in [0.25, 0.3) is 0 Å². The van der Waals surface area contributed by atoms with Crippen LogP contribution in [0.4, 0.5) is 10.8 Å². The van der Waals surface area contributed by atoms with Crippen LogP contribution in [0.1, 0.15) is 29.0 Å². The summed E-state index contributed by atoms with van der Waals surface area (Å²) in [5, 5.41) is 12.0. The van der Waals surface area contributed by atoms with Gasteiger partial charge in [-0.3, -0.25) is 9.59 Å². The Labute approximate surface area is 170 Å². The number of rotatable bonds is 8. The third-order valence-corrected chi connectivity index (χ3v) is 6.29. The molecule has 1 aliphatic heterocycles. The number of nitrogens with one attached hydrogen (secondary N) is 1. The van der Waals surface area contributed by atoms with Crippen LogP contribution < -0.4 is 10.2 Å². The molecule has 1 aliphatic rings. The van der Waals surface area contributed by atoms with Gasteiger partial charge in [-0.05, 0) is 30.7 Å². The van der Waals surface area contributed by atoms with E-state index in [2.05, 4.69) is 15.5 Å². The van der Waals surface area contributed by atoms with E-state index in [1.807, 2.05) is 24.3 Å². The Morgan fingerprint density at radius 3 is 3.00 bits per heavy atom. The van der Waals surface area contributed by atoms with Gasteiger partial charge in [-0.15, -0.1) is 10.2 Å². The summed E-state index contributed by atoms with van der Waals surface area (Å²) in [4.78, 5) is 26.2. The number of nitrogens with zero attached hydrogens (tertiary/aromatic N) is 3. The molecule has 0 unspecified atom stereocenters. The number of aromatic nitrogens is 2. The van der Waals surface area contributed by atoms with Crippen molar-refractivity contribution >= 4 is 45.6 Å². The summed E-state index contributed by atoms with van der Waals surface area (Å²) in [6.45, 7) is 1.25. The maximum atomic E-state index is 12.6. The first-order valence-electron chi connectivity index (χ1n) is 8.85. The van der Waals surface area contributed by atoms with Crippen LogP contribution in [0, 0.1) is 0 Å². The van der Waals surface area contributed by atoms with Gasteiger partial charge in [0.2, 0.25) is 11.0 Å². The first kappa shape index (κ1) is 18.7. The quantitative estimate of drug-likeness (QED) is 0.442. The molecule has 3 heterocycles. The van der Waals surface area contributed by atoms with Crippen molar-refractivity contribution < 1.29 is 14.0 Å². The highest BCUT2D eigenvalue weighted by Gasteiger charge is 2.22. The smallest absolute Gasteiger partial charge is 0.227 e. The minimum Gasteiger partial charge on any atom is -0.467 e. The lowest BCUT2D eigenvalue weighted by Gasteiger charge is -2.16. The van der Waals surface area contributed by atoms with Crippen LogP contribution in [-0.2, 0) is 11.3 Å². The third kappa shape index (κ3) is 4.42. The molecule has 1 amide bonds. The molecule has 0 aliphatic carbocycles. The van der Waals surface area contributed by atoms with Gasteiger partial charge in [-0.2, -0.15) is 0 Å². The molecule has 4 rings (SSSR count). The minimum absolute atomic E-state index is 0.00112. The van der Waals surface area contributed by atoms with Crippen molar-refractivity contribution in [1.82, 2.24) is 10.2 Å². The second-order valence-corrected chi connectivity index (χ2v) is 8.42. The van der Waals surface area contributed by atoms with Crippen LogP contribution in [0.3, 0.4) is 0 Å². The van der Waals surface area contributed by atoms with Crippen molar-refractivity contribution in [2.24, 2.45) is 0 Å². The van der Waals surface area contributed by atoms with Crippen LogP contribution in [0.25, 0.3) is 0 Å². The monoisotopic (exact) mass is 414 g/mol. The molecular weight excluding hydrogens is 396 g/mol. The first-order valence-corrected chi connectivity index (χ1v) is 10.7. The van der Waals surface area contributed by atoms with Crippen molar-refractivity contribution in [1.29, 1.82) is 0 Å². The Kier molecular flexibility index (Phi) is 5.73. The van der Waals surface area contributed by atoms with Crippen molar-refractivity contribution in [3.8, 4) is 0 Å². The number of amides is 1. The maximum Gasteiger partial charge on any atom is 0.227 e. The van der Waals surface area contributed by atoms with Crippen molar-refractivity contribution in [3.63, 3.8) is 0 Å². The number of hydrogen-bond donors (Lipinski definition) is 1. The van der Waals surface area contributed by atoms with Crippen molar-refractivity contribution in [3.05, 3.63) is 54.0 Å². The van der Waals surface area contributed by atoms with E-state index < -0.39 is 0 Å². The van der Waals surface area contributed by atoms with E-state index in [0.717, 1.165) is 22.2 Å². The predicted molar refractivity (Wildman–Crippen MR) is 109 cm³/mol. The molecule has 0 saturated carbocycles. The number of carbonyl (C=O) groups is 2. The molecule has 3 aromatic rings. The standard InChI is InChI=1S/C19H18N4O3S2/c24-16(13-4-1-5-14(10-13)23-8-2-7-17(23)25)12-27-19-22-21-18(28-19)20-11-15-6-3-9-26-15/h1,3-6,9-10H,2,7-8,11-12H2,(H,20,21). The molecular formula is C19H18N4O3S2. The van der Waals surface area contributed by atoms with Gasteiger partial charge in [0.05, 0.1) is 18.6 Å². The highest BCUT2D eigenvalue weighted by molar-refractivity contribution is 8.01. The summed E-state index contributed by atoms with van der Waals surface area (Å²) in [6, 6.07) is 11.0. The van der Waals surface area contributed by atoms with Gasteiger partial charge in [0.15, 0.2) is 10.1 Å². The fourth-order valence-corrected chi connectivity index (χ4v) is 4.54. The molecule has 28 heavy (non-hydrogen) atoms. The van der Waals surface area contributed by atoms with Crippen LogP contribution in [0.2, 0.25) is 0 Å². The average Bonchev–Trinajstić information content (AvgIpc) is 3.46. The number of benzene rings is 1. The molecule has 1 fully saturated rings. The summed E-state index contributed by atoms with van der Waals surface area (Å²) in [7, 11) is 0. The first-order chi connectivity index (χ1) is 13.7. The SMILES string of the molecule is O=C(CSc1nnc(NCc2ccco2)s1)c1cccc(N2CCCC2=O)c1. The van der Waals surface area contributed by atoms with Gasteiger partial charge < -0.3 is 14.6 Å². The molecule has 0 atom stereocenters. The van der Waals surface area contributed by atoms with Crippen molar-refractivity contribution in [2.45, 2.75) is 23.7 Å². The van der Waals surface area contributed by atoms with Gasteiger partial charge in [0.1, 0.15) is 5.76 Å². The van der Waals surface area contributed by atoms with Gasteiger partial charge in [0, 0.05) is 24.2 Å². The topological polar surface area (TPSA) is 88.3 Å². The van der Waals surface area contributed by atoms with Gasteiger partial charge >= 0.3 is 0 Å². The van der Waals surface area contributed by atoms with Crippen molar-refractivity contribution in [2.75, 3.05) is 22.5 Å². The van der Waals surface area contributed by atoms with E-state index in [0.29, 0.717) is 30.2 Å². The molecule has 9 heteroatoms. The third-order valence-electron chi connectivity index (χ3n) is 4.28. The number of furan rings is 1. The second-order valence-electron chi connectivity index (χ2n) is 6.22. The van der Waals surface area contributed by atoms with Crippen LogP contribution in [-0.4, -0.2) is 34.2 Å². The zero-order valence-electron chi connectivity index (χ0n) is 15.0. The molecule has 1 saturated heterocycles. The van der Waals surface area contributed by atoms with Gasteiger partial charge in [-0.25, -0.2) is 0 Å². The highest BCUT2D eigenvalue weighted by Crippen LogP contribution is 2.27. The van der Waals surface area contributed by atoms with E-state index in [1.165, 1.54) is 23.1 Å². The number of hydrogen-bond acceptors (Lipinski definition) is 8. The van der Waals surface area contributed by atoms with E-state index in [4.69, 9.17) is 4.42 Å². The Morgan fingerprint density at radius 1 is 1.29 bits per heavy atom. The number of anilines is 2. The lowest BCUT2D eigenvalue weighted by molar-refractivity contribution is -0.117. The molecule has 144 valence electrons. The molecule has 1 N–H and O–H groups in total. The number of ketones is 1. The normalized spacial score (nSPS) is 13.9. The Hall–Kier alpha value is -2.65. The summed E-state index contributed by atoms with van der Waals surface area (Å²) in [5.41, 5.74) is 1.39. The fraction of sp³-hybridized carbons (Fsp3) is 0.263. The average molecular weight is 415 g/mol. The van der Waals surface area contributed by atoms with Gasteiger partial charge in [-0.1, -0.05) is 35.2 Å². The summed E-state index contributed by atoms with van der Waals surface area (Å²) < 4.78 is 5.99. The van der Waals surface area contributed by atoms with E-state index in [9.17, 15) is 9.59 Å². The number of thioether (sulfide) groups is 1. The predicted octanol–water partition coefficient (Wildman–Crippen LogP) is 3.85. The van der Waals surface area contributed by atoms with Crippen LogP contribution >= 0.6 is 23.1 Å². The largest absolute Gasteiger partial charge is 0.467 e.